The third kappa shape index (κ3) is 3.45. The molecule has 0 unspecified atom stereocenters. The summed E-state index contributed by atoms with van der Waals surface area (Å²) in [5, 5.41) is 18.1. The fourth-order valence-corrected chi connectivity index (χ4v) is 2.67. The van der Waals surface area contributed by atoms with Gasteiger partial charge in [-0.2, -0.15) is 5.26 Å². The van der Waals surface area contributed by atoms with E-state index < -0.39 is 11.9 Å². The zero-order valence-corrected chi connectivity index (χ0v) is 12.4. The van der Waals surface area contributed by atoms with E-state index in [9.17, 15) is 14.7 Å². The van der Waals surface area contributed by atoms with Crippen LogP contribution in [0.25, 0.3) is 0 Å². The molecule has 0 aliphatic heterocycles. The lowest BCUT2D eigenvalue weighted by atomic mass is 10.1. The first-order valence-electron chi connectivity index (χ1n) is 6.19. The van der Waals surface area contributed by atoms with Crippen LogP contribution in [0.5, 0.6) is 0 Å². The van der Waals surface area contributed by atoms with Crippen LogP contribution in [0.15, 0.2) is 52.3 Å². The Kier molecular flexibility index (Phi) is 4.81. The second kappa shape index (κ2) is 6.78. The number of carboxylic acid groups (broad SMARTS) is 1. The zero-order valence-electron chi connectivity index (χ0n) is 11.6. The van der Waals surface area contributed by atoms with Crippen molar-refractivity contribution in [2.24, 2.45) is 0 Å². The fraction of sp³-hybridized carbons (Fsp3) is 0.0625. The van der Waals surface area contributed by atoms with Crippen LogP contribution < -0.4 is 0 Å². The van der Waals surface area contributed by atoms with Crippen LogP contribution in [0.4, 0.5) is 0 Å². The Hall–Kier alpha value is -2.78. The smallest absolute Gasteiger partial charge is 0.337 e. The molecule has 0 aliphatic carbocycles. The number of carbonyl (C=O) groups is 2. The quantitative estimate of drug-likeness (QED) is 0.872. The van der Waals surface area contributed by atoms with Gasteiger partial charge in [0.05, 0.1) is 29.9 Å². The third-order valence-corrected chi connectivity index (χ3v) is 3.93. The fourth-order valence-electron chi connectivity index (χ4n) is 1.76. The predicted octanol–water partition coefficient (Wildman–Crippen LogP) is 3.19. The number of benzene rings is 2. The van der Waals surface area contributed by atoms with Crippen molar-refractivity contribution in [3.63, 3.8) is 0 Å². The Balaban J connectivity index is 2.35. The first kappa shape index (κ1) is 15.6. The minimum Gasteiger partial charge on any atom is -0.478 e. The molecule has 110 valence electrons. The molecule has 22 heavy (non-hydrogen) atoms. The lowest BCUT2D eigenvalue weighted by Crippen LogP contribution is -2.05. The van der Waals surface area contributed by atoms with E-state index in [0.29, 0.717) is 10.5 Å². The van der Waals surface area contributed by atoms with Gasteiger partial charge < -0.3 is 9.84 Å². The summed E-state index contributed by atoms with van der Waals surface area (Å²) in [7, 11) is 1.24. The summed E-state index contributed by atoms with van der Waals surface area (Å²) in [5.74, 6) is -1.71. The maximum atomic E-state index is 11.5. The van der Waals surface area contributed by atoms with Gasteiger partial charge in [-0.3, -0.25) is 0 Å². The van der Waals surface area contributed by atoms with Crippen LogP contribution in [-0.4, -0.2) is 24.2 Å². The Morgan fingerprint density at radius 1 is 1.18 bits per heavy atom. The van der Waals surface area contributed by atoms with Gasteiger partial charge in [-0.25, -0.2) is 9.59 Å². The molecule has 0 amide bonds. The molecule has 0 saturated heterocycles. The number of rotatable bonds is 4. The number of nitriles is 1. The summed E-state index contributed by atoms with van der Waals surface area (Å²) in [6, 6.07) is 13.2. The second-order valence-corrected chi connectivity index (χ2v) is 5.36. The minimum atomic E-state index is -1.12. The van der Waals surface area contributed by atoms with Crippen LogP contribution in [0.2, 0.25) is 0 Å². The van der Waals surface area contributed by atoms with Crippen LogP contribution in [0, 0.1) is 11.3 Å². The zero-order chi connectivity index (χ0) is 16.1. The summed E-state index contributed by atoms with van der Waals surface area (Å²) in [5.41, 5.74) is 0.741. The van der Waals surface area contributed by atoms with Gasteiger partial charge in [0.15, 0.2) is 0 Å². The molecule has 0 heterocycles. The maximum Gasteiger partial charge on any atom is 0.337 e. The van der Waals surface area contributed by atoms with Crippen molar-refractivity contribution in [3.8, 4) is 6.07 Å². The first-order chi connectivity index (χ1) is 10.5. The summed E-state index contributed by atoms with van der Waals surface area (Å²) in [6.07, 6.45) is 0. The van der Waals surface area contributed by atoms with E-state index >= 15 is 0 Å². The molecule has 2 aromatic carbocycles. The van der Waals surface area contributed by atoms with Crippen molar-refractivity contribution in [1.29, 1.82) is 5.26 Å². The summed E-state index contributed by atoms with van der Waals surface area (Å²) < 4.78 is 4.59. The summed E-state index contributed by atoms with van der Waals surface area (Å²) in [4.78, 5) is 24.1. The van der Waals surface area contributed by atoms with Crippen LogP contribution in [-0.2, 0) is 4.74 Å². The van der Waals surface area contributed by atoms with E-state index in [4.69, 9.17) is 5.26 Å². The molecule has 0 saturated carbocycles. The number of ether oxygens (including phenoxy) is 1. The van der Waals surface area contributed by atoms with Crippen molar-refractivity contribution >= 4 is 23.7 Å². The Morgan fingerprint density at radius 2 is 1.86 bits per heavy atom. The second-order valence-electron chi connectivity index (χ2n) is 4.25. The highest BCUT2D eigenvalue weighted by Crippen LogP contribution is 2.31. The minimum absolute atomic E-state index is 0.0252. The van der Waals surface area contributed by atoms with Gasteiger partial charge in [0.25, 0.3) is 0 Å². The molecule has 0 bridgehead atoms. The van der Waals surface area contributed by atoms with Gasteiger partial charge in [-0.05, 0) is 42.5 Å². The molecule has 2 rings (SSSR count). The normalized spacial score (nSPS) is 9.82. The summed E-state index contributed by atoms with van der Waals surface area (Å²) >= 11 is 1.25. The van der Waals surface area contributed by atoms with Crippen LogP contribution in [0.3, 0.4) is 0 Å². The van der Waals surface area contributed by atoms with Crippen molar-refractivity contribution in [3.05, 3.63) is 59.2 Å². The molecule has 0 radical (unpaired) electrons. The molecular formula is C16H11NO4S. The van der Waals surface area contributed by atoms with E-state index in [0.717, 1.165) is 4.90 Å². The molecule has 5 nitrogen and oxygen atoms in total. The predicted molar refractivity (Wildman–Crippen MR) is 80.0 cm³/mol. The highest BCUT2D eigenvalue weighted by atomic mass is 32.2. The number of carbonyl (C=O) groups excluding carboxylic acids is 1. The SMILES string of the molecule is COC(=O)c1ccc(Sc2ccc(C#N)cc2)c(C(=O)O)c1. The monoisotopic (exact) mass is 313 g/mol. The average Bonchev–Trinajstić information content (AvgIpc) is 2.55. The first-order valence-corrected chi connectivity index (χ1v) is 7.00. The van der Waals surface area contributed by atoms with Gasteiger partial charge in [0.2, 0.25) is 0 Å². The third-order valence-electron chi connectivity index (χ3n) is 2.84. The van der Waals surface area contributed by atoms with Gasteiger partial charge >= 0.3 is 11.9 Å². The average molecular weight is 313 g/mol. The highest BCUT2D eigenvalue weighted by molar-refractivity contribution is 7.99. The number of carboxylic acids is 1. The highest BCUT2D eigenvalue weighted by Gasteiger charge is 2.15. The number of hydrogen-bond donors (Lipinski definition) is 1. The van der Waals surface area contributed by atoms with Crippen LogP contribution >= 0.6 is 11.8 Å². The molecule has 0 spiro atoms. The Labute approximate surface area is 131 Å². The lowest BCUT2D eigenvalue weighted by molar-refractivity contribution is 0.0600. The molecule has 0 aliphatic rings. The van der Waals surface area contributed by atoms with Crippen molar-refractivity contribution in [1.82, 2.24) is 0 Å². The van der Waals surface area contributed by atoms with E-state index in [1.165, 1.54) is 31.0 Å². The number of methoxy groups -OCH3 is 1. The number of nitrogens with zero attached hydrogens (tertiary/aromatic N) is 1. The topological polar surface area (TPSA) is 87.4 Å². The van der Waals surface area contributed by atoms with Crippen LogP contribution in [0.1, 0.15) is 26.3 Å². The van der Waals surface area contributed by atoms with Crippen molar-refractivity contribution in [2.45, 2.75) is 9.79 Å². The molecule has 6 heteroatoms. The largest absolute Gasteiger partial charge is 0.478 e. The number of aromatic carboxylic acids is 1. The molecule has 2 aromatic rings. The Bertz CT molecular complexity index is 763. The van der Waals surface area contributed by atoms with Crippen molar-refractivity contribution in [2.75, 3.05) is 7.11 Å². The van der Waals surface area contributed by atoms with Crippen molar-refractivity contribution < 1.29 is 19.4 Å². The van der Waals surface area contributed by atoms with Gasteiger partial charge in [0.1, 0.15) is 0 Å². The van der Waals surface area contributed by atoms with E-state index in [1.807, 2.05) is 6.07 Å². The molecule has 0 aromatic heterocycles. The number of hydrogen-bond acceptors (Lipinski definition) is 5. The number of esters is 1. The van der Waals surface area contributed by atoms with E-state index in [1.54, 1.807) is 30.3 Å². The van der Waals surface area contributed by atoms with E-state index in [-0.39, 0.29) is 11.1 Å². The van der Waals surface area contributed by atoms with Gasteiger partial charge in [-0.1, -0.05) is 11.8 Å². The Morgan fingerprint density at radius 3 is 2.41 bits per heavy atom. The molecule has 1 N–H and O–H groups in total. The van der Waals surface area contributed by atoms with E-state index in [2.05, 4.69) is 4.74 Å². The maximum absolute atomic E-state index is 11.5. The molecule has 0 fully saturated rings. The summed E-state index contributed by atoms with van der Waals surface area (Å²) in [6.45, 7) is 0. The lowest BCUT2D eigenvalue weighted by Gasteiger charge is -2.08. The van der Waals surface area contributed by atoms with Gasteiger partial charge in [0, 0.05) is 9.79 Å². The van der Waals surface area contributed by atoms with Gasteiger partial charge in [-0.15, -0.1) is 0 Å². The molecule has 0 atom stereocenters. The molecular weight excluding hydrogens is 302 g/mol. The standard InChI is InChI=1S/C16H11NO4S/c1-21-16(20)11-4-7-14(13(8-11)15(18)19)22-12-5-2-10(9-17)3-6-12/h2-8H,1H3,(H,18,19).